The van der Waals surface area contributed by atoms with Gasteiger partial charge in [0.05, 0.1) is 0 Å². The summed E-state index contributed by atoms with van der Waals surface area (Å²) < 4.78 is 4.95. The van der Waals surface area contributed by atoms with Crippen molar-refractivity contribution in [2.45, 2.75) is 6.10 Å². The van der Waals surface area contributed by atoms with Gasteiger partial charge in [-0.3, -0.25) is 0 Å². The zero-order chi connectivity index (χ0) is 11.5. The predicted octanol–water partition coefficient (Wildman–Crippen LogP) is -1.19. The van der Waals surface area contributed by atoms with E-state index in [9.17, 15) is 5.11 Å². The molecule has 0 unspecified atom stereocenters. The molecule has 0 radical (unpaired) electrons. The molecule has 1 aliphatic heterocycles. The van der Waals surface area contributed by atoms with E-state index in [1.54, 1.807) is 0 Å². The molecule has 3 N–H and O–H groups in total. The van der Waals surface area contributed by atoms with Crippen molar-refractivity contribution in [2.24, 2.45) is 5.73 Å². The topological polar surface area (TPSA) is 91.7 Å². The molecule has 2 heterocycles. The maximum absolute atomic E-state index is 9.44. The Morgan fingerprint density at radius 1 is 1.44 bits per heavy atom. The number of aromatic nitrogens is 2. The Bertz CT molecular complexity index is 334. The number of hydrogen-bond acceptors (Lipinski definition) is 7. The van der Waals surface area contributed by atoms with Crippen LogP contribution in [0.25, 0.3) is 0 Å². The molecule has 2 rings (SSSR count). The number of rotatable bonds is 3. The Morgan fingerprint density at radius 3 is 2.75 bits per heavy atom. The summed E-state index contributed by atoms with van der Waals surface area (Å²) in [4.78, 5) is 8.41. The van der Waals surface area contributed by atoms with Crippen LogP contribution >= 0.6 is 0 Å². The second kappa shape index (κ2) is 4.77. The monoisotopic (exact) mass is 227 g/mol. The summed E-state index contributed by atoms with van der Waals surface area (Å²) >= 11 is 0. The van der Waals surface area contributed by atoms with Crippen molar-refractivity contribution >= 4 is 5.95 Å². The molecule has 1 atom stereocenters. The van der Waals surface area contributed by atoms with Gasteiger partial charge in [-0.15, -0.1) is 0 Å². The van der Waals surface area contributed by atoms with Gasteiger partial charge in [0.2, 0.25) is 0 Å². The van der Waals surface area contributed by atoms with E-state index in [2.05, 4.69) is 22.1 Å². The number of nitrogens with zero attached hydrogens (tertiary/aromatic N) is 4. The molecule has 90 valence electrons. The Morgan fingerprint density at radius 2 is 2.12 bits per heavy atom. The molecule has 1 fully saturated rings. The van der Waals surface area contributed by atoms with Crippen molar-refractivity contribution in [1.82, 2.24) is 15.0 Å². The lowest BCUT2D eigenvalue weighted by Gasteiger charge is -2.31. The van der Waals surface area contributed by atoms with Crippen LogP contribution in [0.15, 0.2) is 4.52 Å². The molecular weight excluding hydrogens is 210 g/mol. The highest BCUT2D eigenvalue weighted by Gasteiger charge is 2.21. The lowest BCUT2D eigenvalue weighted by atomic mass is 10.3. The average molecular weight is 227 g/mol. The van der Waals surface area contributed by atoms with Crippen molar-refractivity contribution in [3.8, 4) is 0 Å². The first-order chi connectivity index (χ1) is 7.70. The van der Waals surface area contributed by atoms with Gasteiger partial charge in [0.1, 0.15) is 6.10 Å². The lowest BCUT2D eigenvalue weighted by molar-refractivity contribution is 0.141. The highest BCUT2D eigenvalue weighted by Crippen LogP contribution is 2.15. The van der Waals surface area contributed by atoms with Crippen molar-refractivity contribution < 1.29 is 9.63 Å². The number of hydrogen-bond donors (Lipinski definition) is 2. The molecule has 16 heavy (non-hydrogen) atoms. The van der Waals surface area contributed by atoms with Gasteiger partial charge >= 0.3 is 0 Å². The minimum atomic E-state index is -0.867. The maximum Gasteiger partial charge on any atom is 0.266 e. The number of anilines is 1. The summed E-state index contributed by atoms with van der Waals surface area (Å²) in [7, 11) is 2.08. The molecule has 0 aromatic carbocycles. The molecule has 0 saturated carbocycles. The molecule has 1 aromatic rings. The molecular formula is C9H17N5O2. The van der Waals surface area contributed by atoms with Crippen molar-refractivity contribution in [2.75, 3.05) is 44.7 Å². The third-order valence-corrected chi connectivity index (χ3v) is 2.73. The zero-order valence-electron chi connectivity index (χ0n) is 9.33. The fourth-order valence-corrected chi connectivity index (χ4v) is 1.60. The minimum Gasteiger partial charge on any atom is -0.382 e. The second-order valence-electron chi connectivity index (χ2n) is 3.97. The van der Waals surface area contributed by atoms with Crippen LogP contribution in [0, 0.1) is 0 Å². The molecule has 7 nitrogen and oxygen atoms in total. The van der Waals surface area contributed by atoms with Crippen LogP contribution in [-0.4, -0.2) is 59.9 Å². The van der Waals surface area contributed by atoms with Gasteiger partial charge in [-0.2, -0.15) is 4.98 Å². The molecule has 0 aliphatic carbocycles. The van der Waals surface area contributed by atoms with E-state index in [1.165, 1.54) is 0 Å². The van der Waals surface area contributed by atoms with E-state index in [-0.39, 0.29) is 12.4 Å². The summed E-state index contributed by atoms with van der Waals surface area (Å²) in [5.41, 5.74) is 5.31. The summed E-state index contributed by atoms with van der Waals surface area (Å²) in [5.74, 6) is 0.729. The minimum absolute atomic E-state index is 0.0877. The summed E-state index contributed by atoms with van der Waals surface area (Å²) in [6.07, 6.45) is -0.867. The summed E-state index contributed by atoms with van der Waals surface area (Å²) in [6.45, 7) is 3.78. The zero-order valence-corrected chi connectivity index (χ0v) is 9.33. The highest BCUT2D eigenvalue weighted by atomic mass is 16.5. The van der Waals surface area contributed by atoms with E-state index >= 15 is 0 Å². The molecule has 7 heteroatoms. The van der Waals surface area contributed by atoms with E-state index in [1.807, 2.05) is 4.90 Å². The Hall–Kier alpha value is -1.18. The van der Waals surface area contributed by atoms with E-state index in [0.29, 0.717) is 5.95 Å². The second-order valence-corrected chi connectivity index (χ2v) is 3.97. The van der Waals surface area contributed by atoms with Gasteiger partial charge in [-0.05, 0) is 12.2 Å². The van der Waals surface area contributed by atoms with Crippen molar-refractivity contribution in [3.05, 3.63) is 5.89 Å². The van der Waals surface area contributed by atoms with E-state index < -0.39 is 6.10 Å². The quantitative estimate of drug-likeness (QED) is 0.671. The van der Waals surface area contributed by atoms with Gasteiger partial charge in [0, 0.05) is 32.7 Å². The number of aliphatic hydroxyl groups is 1. The number of nitrogens with two attached hydrogens (primary N) is 1. The Kier molecular flexibility index (Phi) is 3.37. The van der Waals surface area contributed by atoms with Crippen LogP contribution in [0.4, 0.5) is 5.95 Å². The summed E-state index contributed by atoms with van der Waals surface area (Å²) in [6, 6.07) is 0. The van der Waals surface area contributed by atoms with Gasteiger partial charge in [0.25, 0.3) is 11.8 Å². The first-order valence-corrected chi connectivity index (χ1v) is 5.36. The fraction of sp³-hybridized carbons (Fsp3) is 0.778. The predicted molar refractivity (Wildman–Crippen MR) is 58.0 cm³/mol. The van der Waals surface area contributed by atoms with Crippen molar-refractivity contribution in [3.63, 3.8) is 0 Å². The maximum atomic E-state index is 9.44. The smallest absolute Gasteiger partial charge is 0.266 e. The average Bonchev–Trinajstić information content (AvgIpc) is 2.78. The normalized spacial score (nSPS) is 20.1. The van der Waals surface area contributed by atoms with E-state index in [4.69, 9.17) is 10.3 Å². The van der Waals surface area contributed by atoms with Gasteiger partial charge in [0.15, 0.2) is 0 Å². The molecule has 0 bridgehead atoms. The molecule has 0 amide bonds. The van der Waals surface area contributed by atoms with Gasteiger partial charge in [-0.1, -0.05) is 0 Å². The molecule has 1 saturated heterocycles. The molecule has 1 aromatic heterocycles. The van der Waals surface area contributed by atoms with Crippen LogP contribution in [0.5, 0.6) is 0 Å². The number of likely N-dealkylation sites (N-methyl/N-ethyl adjacent to an activating group) is 1. The molecule has 0 spiro atoms. The summed E-state index contributed by atoms with van der Waals surface area (Å²) in [5, 5.41) is 13.3. The molecule has 1 aliphatic rings. The van der Waals surface area contributed by atoms with Gasteiger partial charge in [-0.25, -0.2) is 0 Å². The number of aliphatic hydroxyl groups excluding tert-OH is 1. The van der Waals surface area contributed by atoms with Crippen LogP contribution in [0.3, 0.4) is 0 Å². The van der Waals surface area contributed by atoms with E-state index in [0.717, 1.165) is 26.2 Å². The third-order valence-electron chi connectivity index (χ3n) is 2.73. The van der Waals surface area contributed by atoms with Crippen LogP contribution in [0.1, 0.15) is 12.0 Å². The van der Waals surface area contributed by atoms with Crippen LogP contribution in [0.2, 0.25) is 0 Å². The lowest BCUT2D eigenvalue weighted by Crippen LogP contribution is -2.44. The third kappa shape index (κ3) is 2.31. The fourth-order valence-electron chi connectivity index (χ4n) is 1.60. The van der Waals surface area contributed by atoms with Crippen LogP contribution < -0.4 is 10.6 Å². The first kappa shape index (κ1) is 11.3. The highest BCUT2D eigenvalue weighted by molar-refractivity contribution is 5.28. The SMILES string of the molecule is CN1CCN(c2noc([C@@H](O)CN)n2)CC1. The largest absolute Gasteiger partial charge is 0.382 e. The standard InChI is InChI=1S/C9H17N5O2/c1-13-2-4-14(5-3-13)9-11-8(16-12-9)7(15)6-10/h7,15H,2-6,10H2,1H3/t7-/m0/s1. The van der Waals surface area contributed by atoms with Crippen molar-refractivity contribution in [1.29, 1.82) is 0 Å². The Balaban J connectivity index is 2.01. The number of piperazine rings is 1. The van der Waals surface area contributed by atoms with Gasteiger partial charge < -0.3 is 25.2 Å². The van der Waals surface area contributed by atoms with Crippen LogP contribution in [-0.2, 0) is 0 Å². The Labute approximate surface area is 93.8 Å². The first-order valence-electron chi connectivity index (χ1n) is 5.36.